The van der Waals surface area contributed by atoms with Crippen LogP contribution in [0.3, 0.4) is 0 Å². The van der Waals surface area contributed by atoms with Crippen molar-refractivity contribution in [3.63, 3.8) is 0 Å². The monoisotopic (exact) mass is 201 g/mol. The summed E-state index contributed by atoms with van der Waals surface area (Å²) in [4.78, 5) is 10.9. The van der Waals surface area contributed by atoms with Gasteiger partial charge in [-0.25, -0.2) is 0 Å². The fourth-order valence-electron chi connectivity index (χ4n) is 0.719. The molecule has 72 valence electrons. The van der Waals surface area contributed by atoms with E-state index in [9.17, 15) is 4.79 Å². The molecule has 0 unspecified atom stereocenters. The molecule has 5 nitrogen and oxygen atoms in total. The molecule has 0 bridgehead atoms. The van der Waals surface area contributed by atoms with E-state index in [0.29, 0.717) is 6.54 Å². The summed E-state index contributed by atoms with van der Waals surface area (Å²) in [6, 6.07) is 0. The molecule has 1 atom stereocenters. The molecule has 0 aliphatic heterocycles. The average molecular weight is 201 g/mol. The summed E-state index contributed by atoms with van der Waals surface area (Å²) in [5.74, 6) is -0.396. The first-order valence-corrected chi connectivity index (χ1v) is 4.66. The van der Waals surface area contributed by atoms with Gasteiger partial charge < -0.3 is 10.4 Å². The number of aromatic nitrogens is 2. The van der Waals surface area contributed by atoms with Crippen molar-refractivity contribution in [2.45, 2.75) is 26.5 Å². The number of amides is 1. The van der Waals surface area contributed by atoms with E-state index in [-0.39, 0.29) is 0 Å². The van der Waals surface area contributed by atoms with Gasteiger partial charge in [-0.05, 0) is 13.8 Å². The van der Waals surface area contributed by atoms with Gasteiger partial charge in [0.15, 0.2) is 0 Å². The van der Waals surface area contributed by atoms with E-state index >= 15 is 0 Å². The number of carbonyl (C=O) groups is 1. The first-order chi connectivity index (χ1) is 6.09. The maximum Gasteiger partial charge on any atom is 0.248 e. The number of hydrogen-bond donors (Lipinski definition) is 2. The maximum atomic E-state index is 10.9. The van der Waals surface area contributed by atoms with Gasteiger partial charge >= 0.3 is 0 Å². The lowest BCUT2D eigenvalue weighted by molar-refractivity contribution is -0.128. The van der Waals surface area contributed by atoms with E-state index in [1.54, 1.807) is 0 Å². The van der Waals surface area contributed by atoms with Crippen LogP contribution >= 0.6 is 11.3 Å². The largest absolute Gasteiger partial charge is 0.384 e. The Morgan fingerprint density at radius 3 is 2.85 bits per heavy atom. The van der Waals surface area contributed by atoms with Crippen LogP contribution in [0.25, 0.3) is 0 Å². The summed E-state index contributed by atoms with van der Waals surface area (Å²) in [5.41, 5.74) is 0. The molecule has 1 rings (SSSR count). The zero-order chi connectivity index (χ0) is 9.84. The lowest BCUT2D eigenvalue weighted by Crippen LogP contribution is -2.31. The van der Waals surface area contributed by atoms with Gasteiger partial charge in [-0.3, -0.25) is 4.79 Å². The third-order valence-corrected chi connectivity index (χ3v) is 2.20. The highest BCUT2D eigenvalue weighted by atomic mass is 32.1. The zero-order valence-electron chi connectivity index (χ0n) is 7.44. The summed E-state index contributed by atoms with van der Waals surface area (Å²) in [7, 11) is 0. The van der Waals surface area contributed by atoms with Gasteiger partial charge in [0, 0.05) is 0 Å². The van der Waals surface area contributed by atoms with Gasteiger partial charge in [0.1, 0.15) is 16.1 Å². The fourth-order valence-corrected chi connectivity index (χ4v) is 1.37. The van der Waals surface area contributed by atoms with Crippen molar-refractivity contribution in [3.05, 3.63) is 10.0 Å². The Labute approximate surface area is 79.8 Å². The van der Waals surface area contributed by atoms with Crippen LogP contribution in [0.15, 0.2) is 0 Å². The Kier molecular flexibility index (Phi) is 3.32. The minimum absolute atomic E-state index is 0.329. The van der Waals surface area contributed by atoms with Gasteiger partial charge in [-0.2, -0.15) is 0 Å². The second-order valence-corrected chi connectivity index (χ2v) is 3.87. The molecule has 0 fully saturated rings. The lowest BCUT2D eigenvalue weighted by atomic mass is 10.4. The molecular formula is C7H11N3O2S. The van der Waals surface area contributed by atoms with Crippen molar-refractivity contribution in [1.82, 2.24) is 15.5 Å². The van der Waals surface area contributed by atoms with E-state index in [1.165, 1.54) is 18.3 Å². The van der Waals surface area contributed by atoms with Gasteiger partial charge in [0.25, 0.3) is 0 Å². The van der Waals surface area contributed by atoms with Crippen molar-refractivity contribution in [2.24, 2.45) is 0 Å². The molecule has 0 aliphatic rings. The van der Waals surface area contributed by atoms with Crippen LogP contribution < -0.4 is 5.32 Å². The number of carbonyl (C=O) groups excluding carboxylic acids is 1. The normalized spacial score (nSPS) is 12.5. The molecule has 1 aromatic heterocycles. The SMILES string of the molecule is Cc1nnc(CNC(=O)[C@H](C)O)s1. The van der Waals surface area contributed by atoms with Gasteiger partial charge in [0.2, 0.25) is 5.91 Å². The van der Waals surface area contributed by atoms with E-state index in [0.717, 1.165) is 10.0 Å². The molecule has 0 saturated carbocycles. The van der Waals surface area contributed by atoms with Gasteiger partial charge in [0.05, 0.1) is 6.54 Å². The van der Waals surface area contributed by atoms with Crippen LogP contribution in [0.4, 0.5) is 0 Å². The van der Waals surface area contributed by atoms with Gasteiger partial charge in [-0.1, -0.05) is 11.3 Å². The number of aliphatic hydroxyl groups is 1. The Hall–Kier alpha value is -1.01. The summed E-state index contributed by atoms with van der Waals surface area (Å²) in [6.07, 6.45) is -0.978. The number of hydrogen-bond acceptors (Lipinski definition) is 5. The number of nitrogens with zero attached hydrogens (tertiary/aromatic N) is 2. The first kappa shape index (κ1) is 10.1. The van der Waals surface area contributed by atoms with E-state index in [2.05, 4.69) is 15.5 Å². The Bertz CT molecular complexity index is 298. The third-order valence-electron chi connectivity index (χ3n) is 1.36. The molecule has 1 heterocycles. The van der Waals surface area contributed by atoms with E-state index in [4.69, 9.17) is 5.11 Å². The molecule has 6 heteroatoms. The lowest BCUT2D eigenvalue weighted by Gasteiger charge is -2.03. The fraction of sp³-hybridized carbons (Fsp3) is 0.571. The summed E-state index contributed by atoms with van der Waals surface area (Å²) < 4.78 is 0. The second-order valence-electron chi connectivity index (χ2n) is 2.61. The minimum atomic E-state index is -0.978. The molecule has 0 aromatic carbocycles. The molecule has 13 heavy (non-hydrogen) atoms. The standard InChI is InChI=1S/C7H11N3O2S/c1-4(11)7(12)8-3-6-10-9-5(2)13-6/h4,11H,3H2,1-2H3,(H,8,12)/t4-/m0/s1. The highest BCUT2D eigenvalue weighted by Gasteiger charge is 2.08. The predicted octanol–water partition coefficient (Wildman–Crippen LogP) is -0.156. The van der Waals surface area contributed by atoms with Crippen LogP contribution in [-0.2, 0) is 11.3 Å². The number of rotatable bonds is 3. The summed E-state index contributed by atoms with van der Waals surface area (Å²) in [5, 5.41) is 20.6. The highest BCUT2D eigenvalue weighted by Crippen LogP contribution is 2.06. The van der Waals surface area contributed by atoms with Crippen molar-refractivity contribution in [3.8, 4) is 0 Å². The zero-order valence-corrected chi connectivity index (χ0v) is 8.26. The molecular weight excluding hydrogens is 190 g/mol. The van der Waals surface area contributed by atoms with Crippen LogP contribution in [0, 0.1) is 6.92 Å². The summed E-state index contributed by atoms with van der Waals surface area (Å²) in [6.45, 7) is 3.59. The van der Waals surface area contributed by atoms with Crippen molar-refractivity contribution >= 4 is 17.2 Å². The van der Waals surface area contributed by atoms with Crippen LogP contribution in [0.5, 0.6) is 0 Å². The molecule has 0 saturated heterocycles. The number of aliphatic hydroxyl groups excluding tert-OH is 1. The Morgan fingerprint density at radius 2 is 2.38 bits per heavy atom. The van der Waals surface area contributed by atoms with E-state index in [1.807, 2.05) is 6.92 Å². The van der Waals surface area contributed by atoms with Crippen LogP contribution in [0.1, 0.15) is 16.9 Å². The topological polar surface area (TPSA) is 75.1 Å². The first-order valence-electron chi connectivity index (χ1n) is 3.84. The van der Waals surface area contributed by atoms with Crippen molar-refractivity contribution in [2.75, 3.05) is 0 Å². The van der Waals surface area contributed by atoms with Gasteiger partial charge in [-0.15, -0.1) is 10.2 Å². The quantitative estimate of drug-likeness (QED) is 0.712. The molecule has 0 aliphatic carbocycles. The predicted molar refractivity (Wildman–Crippen MR) is 48.2 cm³/mol. The number of nitrogens with one attached hydrogen (secondary N) is 1. The number of aryl methyl sites for hydroxylation is 1. The van der Waals surface area contributed by atoms with Crippen LogP contribution in [-0.4, -0.2) is 27.3 Å². The smallest absolute Gasteiger partial charge is 0.248 e. The average Bonchev–Trinajstić information content (AvgIpc) is 2.47. The molecule has 2 N–H and O–H groups in total. The minimum Gasteiger partial charge on any atom is -0.384 e. The molecule has 0 radical (unpaired) electrons. The Morgan fingerprint density at radius 1 is 1.69 bits per heavy atom. The van der Waals surface area contributed by atoms with Crippen molar-refractivity contribution < 1.29 is 9.90 Å². The Balaban J connectivity index is 2.39. The summed E-state index contributed by atoms with van der Waals surface area (Å²) >= 11 is 1.42. The van der Waals surface area contributed by atoms with Crippen molar-refractivity contribution in [1.29, 1.82) is 0 Å². The van der Waals surface area contributed by atoms with Crippen LogP contribution in [0.2, 0.25) is 0 Å². The third kappa shape index (κ3) is 3.08. The molecule has 1 aromatic rings. The van der Waals surface area contributed by atoms with E-state index < -0.39 is 12.0 Å². The molecule has 0 spiro atoms. The molecule has 1 amide bonds. The highest BCUT2D eigenvalue weighted by molar-refractivity contribution is 7.11. The second kappa shape index (κ2) is 4.29. The maximum absolute atomic E-state index is 10.9.